The van der Waals surface area contributed by atoms with Gasteiger partial charge in [-0.1, -0.05) is 11.6 Å². The SMILES string of the molecule is O=C(O)c1cc(S)c(Cl)cc1F. The predicted molar refractivity (Wildman–Crippen MR) is 45.6 cm³/mol. The highest BCUT2D eigenvalue weighted by Crippen LogP contribution is 2.23. The fourth-order valence-corrected chi connectivity index (χ4v) is 1.05. The van der Waals surface area contributed by atoms with E-state index >= 15 is 0 Å². The predicted octanol–water partition coefficient (Wildman–Crippen LogP) is 2.47. The van der Waals surface area contributed by atoms with Crippen LogP contribution in [-0.2, 0) is 0 Å². The average molecular weight is 207 g/mol. The molecule has 0 aliphatic carbocycles. The van der Waals surface area contributed by atoms with E-state index in [1.807, 2.05) is 0 Å². The van der Waals surface area contributed by atoms with Crippen molar-refractivity contribution in [1.82, 2.24) is 0 Å². The van der Waals surface area contributed by atoms with Gasteiger partial charge in [0.05, 0.1) is 10.6 Å². The fourth-order valence-electron chi connectivity index (χ4n) is 0.701. The minimum absolute atomic E-state index is 0.0980. The van der Waals surface area contributed by atoms with Gasteiger partial charge in [0.2, 0.25) is 0 Å². The van der Waals surface area contributed by atoms with E-state index in [9.17, 15) is 9.18 Å². The lowest BCUT2D eigenvalue weighted by Crippen LogP contribution is -2.00. The molecule has 0 aromatic heterocycles. The standard InChI is InChI=1S/C7H4ClFO2S/c8-4-2-5(9)3(7(10)11)1-6(4)12/h1-2,12H,(H,10,11). The Morgan fingerprint density at radius 3 is 2.67 bits per heavy atom. The van der Waals surface area contributed by atoms with Gasteiger partial charge in [-0.3, -0.25) is 0 Å². The number of hydrogen-bond donors (Lipinski definition) is 2. The molecule has 0 radical (unpaired) electrons. The molecule has 0 fully saturated rings. The summed E-state index contributed by atoms with van der Waals surface area (Å²) in [5, 5.41) is 8.56. The van der Waals surface area contributed by atoms with Gasteiger partial charge in [-0.15, -0.1) is 12.6 Å². The fraction of sp³-hybridized carbons (Fsp3) is 0. The van der Waals surface area contributed by atoms with E-state index in [2.05, 4.69) is 12.6 Å². The Bertz CT molecular complexity index is 340. The summed E-state index contributed by atoms with van der Waals surface area (Å²) in [7, 11) is 0. The van der Waals surface area contributed by atoms with E-state index in [1.165, 1.54) is 0 Å². The van der Waals surface area contributed by atoms with Gasteiger partial charge in [-0.25, -0.2) is 9.18 Å². The van der Waals surface area contributed by atoms with Crippen molar-refractivity contribution in [3.05, 3.63) is 28.5 Å². The van der Waals surface area contributed by atoms with Crippen LogP contribution in [0, 0.1) is 5.82 Å². The molecule has 0 amide bonds. The van der Waals surface area contributed by atoms with Gasteiger partial charge in [0, 0.05) is 4.90 Å². The van der Waals surface area contributed by atoms with Crippen molar-refractivity contribution in [2.24, 2.45) is 0 Å². The number of aromatic carboxylic acids is 1. The van der Waals surface area contributed by atoms with Gasteiger partial charge in [0.1, 0.15) is 5.82 Å². The highest BCUT2D eigenvalue weighted by Gasteiger charge is 2.12. The Labute approximate surface area is 78.4 Å². The van der Waals surface area contributed by atoms with Crippen molar-refractivity contribution in [3.63, 3.8) is 0 Å². The number of carboxylic acid groups (broad SMARTS) is 1. The molecule has 0 saturated heterocycles. The van der Waals surface area contributed by atoms with Crippen LogP contribution in [0.4, 0.5) is 4.39 Å². The average Bonchev–Trinajstić information content (AvgIpc) is 1.96. The molecule has 0 saturated carbocycles. The number of rotatable bonds is 1. The number of carboxylic acids is 1. The number of thiol groups is 1. The number of benzene rings is 1. The first kappa shape index (κ1) is 9.35. The molecule has 5 heteroatoms. The molecule has 1 aromatic rings. The molecule has 0 heterocycles. The third kappa shape index (κ3) is 1.70. The Balaban J connectivity index is 3.33. The third-order valence-electron chi connectivity index (χ3n) is 1.27. The van der Waals surface area contributed by atoms with E-state index in [-0.39, 0.29) is 9.92 Å². The molecule has 64 valence electrons. The topological polar surface area (TPSA) is 37.3 Å². The summed E-state index contributed by atoms with van der Waals surface area (Å²) in [5.74, 6) is -2.19. The van der Waals surface area contributed by atoms with Crippen LogP contribution < -0.4 is 0 Å². The zero-order valence-corrected chi connectivity index (χ0v) is 7.36. The molecule has 1 aromatic carbocycles. The molecule has 1 N–H and O–H groups in total. The highest BCUT2D eigenvalue weighted by molar-refractivity contribution is 7.80. The molecule has 0 aliphatic heterocycles. The minimum Gasteiger partial charge on any atom is -0.478 e. The third-order valence-corrected chi connectivity index (χ3v) is 2.08. The molecular formula is C7H4ClFO2S. The van der Waals surface area contributed by atoms with E-state index in [0.717, 1.165) is 12.1 Å². The Kier molecular flexibility index (Phi) is 2.59. The maximum absolute atomic E-state index is 12.8. The second kappa shape index (κ2) is 3.33. The van der Waals surface area contributed by atoms with Gasteiger partial charge in [-0.2, -0.15) is 0 Å². The summed E-state index contributed by atoms with van der Waals surface area (Å²) in [4.78, 5) is 10.6. The number of carbonyl (C=O) groups is 1. The maximum Gasteiger partial charge on any atom is 0.338 e. The van der Waals surface area contributed by atoms with Crippen LogP contribution in [0.25, 0.3) is 0 Å². The van der Waals surface area contributed by atoms with Gasteiger partial charge >= 0.3 is 5.97 Å². The molecule has 0 bridgehead atoms. The van der Waals surface area contributed by atoms with Gasteiger partial charge in [0.15, 0.2) is 0 Å². The van der Waals surface area contributed by atoms with Crippen molar-refractivity contribution in [2.75, 3.05) is 0 Å². The maximum atomic E-state index is 12.8. The molecule has 0 unspecified atom stereocenters. The molecule has 1 rings (SSSR count). The van der Waals surface area contributed by atoms with Crippen molar-refractivity contribution in [1.29, 1.82) is 0 Å². The Hall–Kier alpha value is -0.740. The normalized spacial score (nSPS) is 9.92. The zero-order valence-electron chi connectivity index (χ0n) is 5.71. The van der Waals surface area contributed by atoms with Crippen LogP contribution in [0.1, 0.15) is 10.4 Å². The van der Waals surface area contributed by atoms with Crippen molar-refractivity contribution in [3.8, 4) is 0 Å². The Morgan fingerprint density at radius 1 is 1.58 bits per heavy atom. The molecule has 12 heavy (non-hydrogen) atoms. The summed E-state index contributed by atoms with van der Waals surface area (Å²) < 4.78 is 12.8. The molecule has 0 atom stereocenters. The lowest BCUT2D eigenvalue weighted by Gasteiger charge is -2.00. The first-order valence-electron chi connectivity index (χ1n) is 2.93. The summed E-state index contributed by atoms with van der Waals surface area (Å²) >= 11 is 9.33. The van der Waals surface area contributed by atoms with E-state index in [4.69, 9.17) is 16.7 Å². The molecule has 2 nitrogen and oxygen atoms in total. The van der Waals surface area contributed by atoms with E-state index in [1.54, 1.807) is 0 Å². The van der Waals surface area contributed by atoms with Crippen LogP contribution in [0.5, 0.6) is 0 Å². The van der Waals surface area contributed by atoms with Gasteiger partial charge in [-0.05, 0) is 12.1 Å². The lowest BCUT2D eigenvalue weighted by atomic mass is 10.2. The second-order valence-corrected chi connectivity index (χ2v) is 2.98. The smallest absolute Gasteiger partial charge is 0.338 e. The number of hydrogen-bond acceptors (Lipinski definition) is 2. The van der Waals surface area contributed by atoms with E-state index < -0.39 is 17.3 Å². The molecule has 0 aliphatic rings. The Morgan fingerprint density at radius 2 is 2.17 bits per heavy atom. The van der Waals surface area contributed by atoms with Crippen LogP contribution in [0.3, 0.4) is 0 Å². The van der Waals surface area contributed by atoms with E-state index in [0.29, 0.717) is 0 Å². The largest absolute Gasteiger partial charge is 0.478 e. The van der Waals surface area contributed by atoms with Gasteiger partial charge in [0.25, 0.3) is 0 Å². The van der Waals surface area contributed by atoms with Crippen molar-refractivity contribution < 1.29 is 14.3 Å². The number of halogens is 2. The van der Waals surface area contributed by atoms with Gasteiger partial charge < -0.3 is 5.11 Å². The quantitative estimate of drug-likeness (QED) is 0.693. The minimum atomic E-state index is -1.33. The lowest BCUT2D eigenvalue weighted by molar-refractivity contribution is 0.0691. The molecular weight excluding hydrogens is 203 g/mol. The summed E-state index contributed by atoms with van der Waals surface area (Å²) in [6.45, 7) is 0. The molecule has 0 spiro atoms. The van der Waals surface area contributed by atoms with Crippen LogP contribution in [0.2, 0.25) is 5.02 Å². The zero-order chi connectivity index (χ0) is 9.30. The van der Waals surface area contributed by atoms with Crippen LogP contribution in [0.15, 0.2) is 17.0 Å². The second-order valence-electron chi connectivity index (χ2n) is 2.09. The summed E-state index contributed by atoms with van der Waals surface area (Å²) in [6, 6.07) is 2.00. The van der Waals surface area contributed by atoms with Crippen LogP contribution in [-0.4, -0.2) is 11.1 Å². The van der Waals surface area contributed by atoms with Crippen LogP contribution >= 0.6 is 24.2 Å². The van der Waals surface area contributed by atoms with Crippen molar-refractivity contribution >= 4 is 30.2 Å². The summed E-state index contributed by atoms with van der Waals surface area (Å²) in [5.41, 5.74) is -0.426. The monoisotopic (exact) mass is 206 g/mol. The summed E-state index contributed by atoms with van der Waals surface area (Å²) in [6.07, 6.45) is 0. The highest BCUT2D eigenvalue weighted by atomic mass is 35.5. The van der Waals surface area contributed by atoms with Crippen molar-refractivity contribution in [2.45, 2.75) is 4.90 Å². The first-order chi connectivity index (χ1) is 5.52. The first-order valence-corrected chi connectivity index (χ1v) is 3.76.